The second kappa shape index (κ2) is 6.83. The molecule has 0 aliphatic heterocycles. The fourth-order valence-corrected chi connectivity index (χ4v) is 1.55. The first kappa shape index (κ1) is 12.5. The first-order valence-corrected chi connectivity index (χ1v) is 5.74. The predicted octanol–water partition coefficient (Wildman–Crippen LogP) is 2.38. The maximum atomic E-state index is 5.83. The molecular formula is C12H19ClN2. The van der Waals surface area contributed by atoms with Gasteiger partial charge >= 0.3 is 0 Å². The SMILES string of the molecule is CCNCCN(C)Cc1ccc(Cl)cc1. The van der Waals surface area contributed by atoms with Gasteiger partial charge in [-0.3, -0.25) is 0 Å². The molecule has 0 aliphatic carbocycles. The molecule has 0 saturated carbocycles. The number of benzene rings is 1. The third kappa shape index (κ3) is 5.17. The van der Waals surface area contributed by atoms with E-state index in [0.29, 0.717) is 0 Å². The quantitative estimate of drug-likeness (QED) is 0.750. The summed E-state index contributed by atoms with van der Waals surface area (Å²) in [6, 6.07) is 8.03. The lowest BCUT2D eigenvalue weighted by Crippen LogP contribution is -2.28. The van der Waals surface area contributed by atoms with Crippen molar-refractivity contribution in [3.05, 3.63) is 34.9 Å². The number of hydrogen-bond donors (Lipinski definition) is 1. The molecule has 1 N–H and O–H groups in total. The van der Waals surface area contributed by atoms with E-state index in [2.05, 4.69) is 36.3 Å². The summed E-state index contributed by atoms with van der Waals surface area (Å²) < 4.78 is 0. The Hall–Kier alpha value is -0.570. The molecule has 84 valence electrons. The number of likely N-dealkylation sites (N-methyl/N-ethyl adjacent to an activating group) is 2. The Balaban J connectivity index is 2.31. The molecule has 1 aromatic rings. The van der Waals surface area contributed by atoms with Gasteiger partial charge in [-0.1, -0.05) is 30.7 Å². The van der Waals surface area contributed by atoms with Crippen LogP contribution in [0.3, 0.4) is 0 Å². The maximum absolute atomic E-state index is 5.83. The van der Waals surface area contributed by atoms with Crippen molar-refractivity contribution in [2.24, 2.45) is 0 Å². The van der Waals surface area contributed by atoms with Gasteiger partial charge in [-0.15, -0.1) is 0 Å². The molecule has 0 heterocycles. The molecule has 0 spiro atoms. The normalized spacial score (nSPS) is 10.9. The molecule has 0 aromatic heterocycles. The van der Waals surface area contributed by atoms with Crippen LogP contribution >= 0.6 is 11.6 Å². The van der Waals surface area contributed by atoms with E-state index < -0.39 is 0 Å². The van der Waals surface area contributed by atoms with Gasteiger partial charge in [0.2, 0.25) is 0 Å². The molecule has 1 rings (SSSR count). The molecule has 1 aromatic carbocycles. The molecule has 0 saturated heterocycles. The first-order valence-electron chi connectivity index (χ1n) is 5.36. The van der Waals surface area contributed by atoms with Crippen molar-refractivity contribution < 1.29 is 0 Å². The average Bonchev–Trinajstić information content (AvgIpc) is 2.22. The third-order valence-electron chi connectivity index (χ3n) is 2.29. The zero-order chi connectivity index (χ0) is 11.1. The highest BCUT2D eigenvalue weighted by Gasteiger charge is 1.99. The van der Waals surface area contributed by atoms with Crippen LogP contribution < -0.4 is 5.32 Å². The molecule has 3 heteroatoms. The van der Waals surface area contributed by atoms with Gasteiger partial charge in [-0.2, -0.15) is 0 Å². The van der Waals surface area contributed by atoms with Crippen LogP contribution in [0.5, 0.6) is 0 Å². The minimum Gasteiger partial charge on any atom is -0.316 e. The Morgan fingerprint density at radius 1 is 1.27 bits per heavy atom. The minimum absolute atomic E-state index is 0.800. The lowest BCUT2D eigenvalue weighted by atomic mass is 10.2. The molecule has 0 fully saturated rings. The molecule has 0 unspecified atom stereocenters. The van der Waals surface area contributed by atoms with Crippen LogP contribution in [0.1, 0.15) is 12.5 Å². The van der Waals surface area contributed by atoms with E-state index in [1.165, 1.54) is 5.56 Å². The number of nitrogens with zero attached hydrogens (tertiary/aromatic N) is 1. The van der Waals surface area contributed by atoms with E-state index in [0.717, 1.165) is 31.2 Å². The number of nitrogens with one attached hydrogen (secondary N) is 1. The van der Waals surface area contributed by atoms with E-state index in [4.69, 9.17) is 11.6 Å². The number of halogens is 1. The standard InChI is InChI=1S/C12H19ClN2/c1-3-14-8-9-15(2)10-11-4-6-12(13)7-5-11/h4-7,14H,3,8-10H2,1-2H3. The molecule has 0 atom stereocenters. The smallest absolute Gasteiger partial charge is 0.0406 e. The van der Waals surface area contributed by atoms with Crippen LogP contribution in [0.15, 0.2) is 24.3 Å². The summed E-state index contributed by atoms with van der Waals surface area (Å²) in [5.41, 5.74) is 1.30. The Morgan fingerprint density at radius 3 is 2.53 bits per heavy atom. The summed E-state index contributed by atoms with van der Waals surface area (Å²) in [6.45, 7) is 6.24. The van der Waals surface area contributed by atoms with Crippen molar-refractivity contribution in [3.8, 4) is 0 Å². The minimum atomic E-state index is 0.800. The lowest BCUT2D eigenvalue weighted by molar-refractivity contribution is 0.325. The fraction of sp³-hybridized carbons (Fsp3) is 0.500. The summed E-state index contributed by atoms with van der Waals surface area (Å²) in [4.78, 5) is 2.30. The van der Waals surface area contributed by atoms with E-state index in [9.17, 15) is 0 Å². The summed E-state index contributed by atoms with van der Waals surface area (Å²) in [6.07, 6.45) is 0. The fourth-order valence-electron chi connectivity index (χ4n) is 1.43. The maximum Gasteiger partial charge on any atom is 0.0406 e. The molecule has 0 aliphatic rings. The van der Waals surface area contributed by atoms with Gasteiger partial charge in [0, 0.05) is 24.7 Å². The third-order valence-corrected chi connectivity index (χ3v) is 2.54. The Morgan fingerprint density at radius 2 is 1.93 bits per heavy atom. The van der Waals surface area contributed by atoms with Crippen molar-refractivity contribution >= 4 is 11.6 Å². The van der Waals surface area contributed by atoms with Crippen molar-refractivity contribution in [1.29, 1.82) is 0 Å². The second-order valence-electron chi connectivity index (χ2n) is 3.72. The van der Waals surface area contributed by atoms with Gasteiger partial charge in [0.25, 0.3) is 0 Å². The first-order chi connectivity index (χ1) is 7.22. The summed E-state index contributed by atoms with van der Waals surface area (Å²) >= 11 is 5.83. The van der Waals surface area contributed by atoms with Crippen molar-refractivity contribution in [2.75, 3.05) is 26.7 Å². The zero-order valence-electron chi connectivity index (χ0n) is 9.46. The Labute approximate surface area is 97.2 Å². The van der Waals surface area contributed by atoms with Gasteiger partial charge in [-0.25, -0.2) is 0 Å². The predicted molar refractivity (Wildman–Crippen MR) is 66.3 cm³/mol. The second-order valence-corrected chi connectivity index (χ2v) is 4.15. The van der Waals surface area contributed by atoms with Crippen molar-refractivity contribution in [1.82, 2.24) is 10.2 Å². The van der Waals surface area contributed by atoms with Crippen LogP contribution in [0, 0.1) is 0 Å². The molecule has 0 bridgehead atoms. The van der Waals surface area contributed by atoms with Gasteiger partial charge in [0.05, 0.1) is 0 Å². The largest absolute Gasteiger partial charge is 0.316 e. The highest BCUT2D eigenvalue weighted by atomic mass is 35.5. The van der Waals surface area contributed by atoms with Crippen LogP contribution in [0.25, 0.3) is 0 Å². The Kier molecular flexibility index (Phi) is 5.69. The van der Waals surface area contributed by atoms with Gasteiger partial charge in [0.1, 0.15) is 0 Å². The van der Waals surface area contributed by atoms with E-state index in [1.54, 1.807) is 0 Å². The monoisotopic (exact) mass is 226 g/mol. The van der Waals surface area contributed by atoms with E-state index in [1.807, 2.05) is 12.1 Å². The van der Waals surface area contributed by atoms with Crippen molar-refractivity contribution in [3.63, 3.8) is 0 Å². The number of hydrogen-bond acceptors (Lipinski definition) is 2. The topological polar surface area (TPSA) is 15.3 Å². The van der Waals surface area contributed by atoms with Crippen LogP contribution in [0.4, 0.5) is 0 Å². The van der Waals surface area contributed by atoms with Crippen molar-refractivity contribution in [2.45, 2.75) is 13.5 Å². The summed E-state index contributed by atoms with van der Waals surface area (Å²) in [5, 5.41) is 4.11. The highest BCUT2D eigenvalue weighted by Crippen LogP contribution is 2.10. The Bertz CT molecular complexity index is 271. The average molecular weight is 227 g/mol. The van der Waals surface area contributed by atoms with Gasteiger partial charge in [-0.05, 0) is 31.3 Å². The summed E-state index contributed by atoms with van der Waals surface area (Å²) in [7, 11) is 2.13. The summed E-state index contributed by atoms with van der Waals surface area (Å²) in [5.74, 6) is 0. The molecule has 0 amide bonds. The zero-order valence-corrected chi connectivity index (χ0v) is 10.2. The molecule has 2 nitrogen and oxygen atoms in total. The highest BCUT2D eigenvalue weighted by molar-refractivity contribution is 6.30. The van der Waals surface area contributed by atoms with Crippen LogP contribution in [-0.2, 0) is 6.54 Å². The van der Waals surface area contributed by atoms with Gasteiger partial charge < -0.3 is 10.2 Å². The number of rotatable bonds is 6. The van der Waals surface area contributed by atoms with E-state index >= 15 is 0 Å². The van der Waals surface area contributed by atoms with E-state index in [-0.39, 0.29) is 0 Å². The lowest BCUT2D eigenvalue weighted by Gasteiger charge is -2.16. The molecule has 15 heavy (non-hydrogen) atoms. The van der Waals surface area contributed by atoms with Gasteiger partial charge in [0.15, 0.2) is 0 Å². The molecular weight excluding hydrogens is 208 g/mol. The molecule has 0 radical (unpaired) electrons. The van der Waals surface area contributed by atoms with Crippen LogP contribution in [-0.4, -0.2) is 31.6 Å². The van der Waals surface area contributed by atoms with Crippen LogP contribution in [0.2, 0.25) is 5.02 Å².